The summed E-state index contributed by atoms with van der Waals surface area (Å²) in [5.41, 5.74) is 5.10. The van der Waals surface area contributed by atoms with Crippen molar-refractivity contribution in [1.29, 1.82) is 0 Å². The van der Waals surface area contributed by atoms with Crippen molar-refractivity contribution in [1.82, 2.24) is 10.8 Å². The summed E-state index contributed by atoms with van der Waals surface area (Å²) < 4.78 is 13.9. The lowest BCUT2D eigenvalue weighted by atomic mass is 9.90. The van der Waals surface area contributed by atoms with E-state index in [9.17, 15) is 14.0 Å². The van der Waals surface area contributed by atoms with Crippen molar-refractivity contribution in [2.45, 2.75) is 45.1 Å². The van der Waals surface area contributed by atoms with Crippen LogP contribution in [0, 0.1) is 19.7 Å². The van der Waals surface area contributed by atoms with E-state index < -0.39 is 17.9 Å². The van der Waals surface area contributed by atoms with Crippen LogP contribution < -0.4 is 16.1 Å². The van der Waals surface area contributed by atoms with Crippen LogP contribution in [0.1, 0.15) is 47.4 Å². The van der Waals surface area contributed by atoms with Crippen LogP contribution in [0.5, 0.6) is 0 Å². The van der Waals surface area contributed by atoms with Crippen LogP contribution in [-0.2, 0) is 9.59 Å². The van der Waals surface area contributed by atoms with Gasteiger partial charge in [0.1, 0.15) is 11.9 Å². The Morgan fingerprint density at radius 2 is 1.40 bits per heavy atom. The maximum absolute atomic E-state index is 13.9. The summed E-state index contributed by atoms with van der Waals surface area (Å²) in [7, 11) is 0. The van der Waals surface area contributed by atoms with Crippen molar-refractivity contribution >= 4 is 17.5 Å². The molecule has 1 atom stereocenters. The Labute approximate surface area is 205 Å². The van der Waals surface area contributed by atoms with Crippen LogP contribution in [0.4, 0.5) is 10.1 Å². The number of rotatable bonds is 11. The molecule has 4 N–H and O–H groups in total. The highest BCUT2D eigenvalue weighted by atomic mass is 19.1. The Hall–Kier alpha value is -3.71. The van der Waals surface area contributed by atoms with Crippen LogP contribution in [0.3, 0.4) is 0 Å². The third-order valence-corrected chi connectivity index (χ3v) is 5.95. The molecule has 35 heavy (non-hydrogen) atoms. The smallest absolute Gasteiger partial charge is 0.265 e. The van der Waals surface area contributed by atoms with Gasteiger partial charge in [0.15, 0.2) is 0 Å². The predicted molar refractivity (Wildman–Crippen MR) is 135 cm³/mol. The molecule has 0 aliphatic rings. The molecule has 0 aromatic heterocycles. The van der Waals surface area contributed by atoms with Gasteiger partial charge in [-0.3, -0.25) is 14.8 Å². The van der Waals surface area contributed by atoms with E-state index in [0.717, 1.165) is 11.1 Å². The first-order valence-corrected chi connectivity index (χ1v) is 11.8. The van der Waals surface area contributed by atoms with E-state index in [4.69, 9.17) is 5.21 Å². The van der Waals surface area contributed by atoms with Crippen LogP contribution >= 0.6 is 0 Å². The number of nitrogens with one attached hydrogen (secondary N) is 3. The van der Waals surface area contributed by atoms with Crippen LogP contribution in [-0.4, -0.2) is 29.6 Å². The average Bonchev–Trinajstić information content (AvgIpc) is 2.87. The van der Waals surface area contributed by atoms with Crippen molar-refractivity contribution in [2.75, 3.05) is 11.9 Å². The van der Waals surface area contributed by atoms with Crippen LogP contribution in [0.25, 0.3) is 0 Å². The number of hydrogen-bond donors (Lipinski definition) is 4. The van der Waals surface area contributed by atoms with Crippen molar-refractivity contribution < 1.29 is 19.2 Å². The molecule has 3 aromatic carbocycles. The molecule has 7 heteroatoms. The quantitative estimate of drug-likeness (QED) is 0.181. The Morgan fingerprint density at radius 3 is 1.91 bits per heavy atom. The molecule has 0 aliphatic carbocycles. The van der Waals surface area contributed by atoms with Gasteiger partial charge in [-0.2, -0.15) is 0 Å². The molecule has 184 valence electrons. The molecular formula is C28H32FN3O3. The monoisotopic (exact) mass is 477 g/mol. The van der Waals surface area contributed by atoms with Crippen molar-refractivity contribution in [2.24, 2.45) is 0 Å². The maximum atomic E-state index is 13.9. The summed E-state index contributed by atoms with van der Waals surface area (Å²) >= 11 is 0. The maximum Gasteiger partial charge on any atom is 0.265 e. The SMILES string of the molecule is Cc1cc(N[C@H](CCCCNC(=O)C(c2ccccc2)c2ccccc2)C(=O)NO)cc(C)c1F. The minimum absolute atomic E-state index is 0.0811. The van der Waals surface area contributed by atoms with Gasteiger partial charge in [0.25, 0.3) is 5.91 Å². The number of hydrogen-bond acceptors (Lipinski definition) is 4. The number of carbonyl (C=O) groups is 2. The van der Waals surface area contributed by atoms with Crippen molar-refractivity contribution in [3.8, 4) is 0 Å². The molecule has 3 aromatic rings. The first-order valence-electron chi connectivity index (χ1n) is 11.8. The molecule has 0 spiro atoms. The molecule has 6 nitrogen and oxygen atoms in total. The van der Waals surface area contributed by atoms with E-state index in [1.54, 1.807) is 31.5 Å². The number of halogens is 1. The highest BCUT2D eigenvalue weighted by Gasteiger charge is 2.22. The summed E-state index contributed by atoms with van der Waals surface area (Å²) in [5, 5.41) is 15.2. The molecule has 0 aliphatic heterocycles. The molecule has 0 saturated carbocycles. The van der Waals surface area contributed by atoms with Crippen molar-refractivity contribution in [3.05, 3.63) is 101 Å². The largest absolute Gasteiger partial charge is 0.374 e. The predicted octanol–water partition coefficient (Wildman–Crippen LogP) is 4.85. The number of carbonyl (C=O) groups excluding carboxylic acids is 2. The Balaban J connectivity index is 1.56. The fourth-order valence-electron chi connectivity index (χ4n) is 4.15. The number of benzene rings is 3. The van der Waals surface area contributed by atoms with E-state index in [2.05, 4.69) is 10.6 Å². The molecule has 3 rings (SSSR count). The van der Waals surface area contributed by atoms with Gasteiger partial charge in [-0.15, -0.1) is 0 Å². The van der Waals surface area contributed by atoms with E-state index >= 15 is 0 Å². The van der Waals surface area contributed by atoms with Gasteiger partial charge >= 0.3 is 0 Å². The third kappa shape index (κ3) is 7.13. The molecule has 2 amide bonds. The molecule has 0 saturated heterocycles. The first kappa shape index (κ1) is 25.9. The zero-order valence-electron chi connectivity index (χ0n) is 20.1. The van der Waals surface area contributed by atoms with Gasteiger partial charge in [-0.05, 0) is 67.5 Å². The number of hydroxylamine groups is 1. The average molecular weight is 478 g/mol. The van der Waals surface area contributed by atoms with Gasteiger partial charge in [0.2, 0.25) is 5.91 Å². The second-order valence-corrected chi connectivity index (χ2v) is 8.64. The zero-order chi connectivity index (χ0) is 25.2. The third-order valence-electron chi connectivity index (χ3n) is 5.95. The summed E-state index contributed by atoms with van der Waals surface area (Å²) in [5.74, 6) is -1.33. The Bertz CT molecular complexity index is 1060. The van der Waals surface area contributed by atoms with Crippen molar-refractivity contribution in [3.63, 3.8) is 0 Å². The second-order valence-electron chi connectivity index (χ2n) is 8.64. The fourth-order valence-corrected chi connectivity index (χ4v) is 4.15. The normalized spacial score (nSPS) is 11.7. The van der Waals surface area contributed by atoms with E-state index in [1.807, 2.05) is 60.7 Å². The van der Waals surface area contributed by atoms with E-state index in [0.29, 0.717) is 42.6 Å². The molecular weight excluding hydrogens is 445 g/mol. The topological polar surface area (TPSA) is 90.5 Å². The first-order chi connectivity index (χ1) is 16.9. The number of unbranched alkanes of at least 4 members (excludes halogenated alkanes) is 1. The molecule has 0 unspecified atom stereocenters. The molecule has 0 radical (unpaired) electrons. The fraction of sp³-hybridized carbons (Fsp3) is 0.286. The summed E-state index contributed by atoms with van der Waals surface area (Å²) in [6.45, 7) is 3.78. The van der Waals surface area contributed by atoms with Gasteiger partial charge < -0.3 is 10.6 Å². The Kier molecular flexibility index (Phi) is 9.38. The zero-order valence-corrected chi connectivity index (χ0v) is 20.1. The minimum Gasteiger partial charge on any atom is -0.374 e. The summed E-state index contributed by atoms with van der Waals surface area (Å²) in [6.07, 6.45) is 1.71. The lowest BCUT2D eigenvalue weighted by Crippen LogP contribution is -2.38. The van der Waals surface area contributed by atoms with Gasteiger partial charge in [0, 0.05) is 12.2 Å². The number of anilines is 1. The standard InChI is InChI=1S/C28H32FN3O3/c1-19-17-23(18-20(2)26(19)29)31-24(27(33)32-35)15-9-10-16-30-28(34)25(21-11-5-3-6-12-21)22-13-7-4-8-14-22/h3-8,11-14,17-18,24-25,31,35H,9-10,15-16H2,1-2H3,(H,30,34)(H,32,33)/t24-/m1/s1. The Morgan fingerprint density at radius 1 is 0.857 bits per heavy atom. The number of amides is 2. The van der Waals surface area contributed by atoms with E-state index in [-0.39, 0.29) is 11.7 Å². The number of aryl methyl sites for hydroxylation is 2. The van der Waals surface area contributed by atoms with Gasteiger partial charge in [-0.1, -0.05) is 60.7 Å². The molecule has 0 heterocycles. The van der Waals surface area contributed by atoms with Gasteiger partial charge in [-0.25, -0.2) is 9.87 Å². The molecule has 0 bridgehead atoms. The minimum atomic E-state index is -0.693. The highest BCUT2D eigenvalue weighted by molar-refractivity contribution is 5.87. The van der Waals surface area contributed by atoms with Crippen LogP contribution in [0.15, 0.2) is 72.8 Å². The second kappa shape index (κ2) is 12.7. The summed E-state index contributed by atoms with van der Waals surface area (Å²) in [6, 6.07) is 21.9. The summed E-state index contributed by atoms with van der Waals surface area (Å²) in [4.78, 5) is 25.2. The lowest BCUT2D eigenvalue weighted by Gasteiger charge is -2.20. The van der Waals surface area contributed by atoms with Crippen LogP contribution in [0.2, 0.25) is 0 Å². The lowest BCUT2D eigenvalue weighted by molar-refractivity contribution is -0.130. The van der Waals surface area contributed by atoms with Gasteiger partial charge in [0.05, 0.1) is 5.92 Å². The van der Waals surface area contributed by atoms with E-state index in [1.165, 1.54) is 0 Å². The highest BCUT2D eigenvalue weighted by Crippen LogP contribution is 2.25. The molecule has 0 fully saturated rings.